The molecule has 1 fully saturated rings. The van der Waals surface area contributed by atoms with Gasteiger partial charge in [-0.3, -0.25) is 0 Å². The number of benzene rings is 2. The Bertz CT molecular complexity index is 1170. The lowest BCUT2D eigenvalue weighted by Gasteiger charge is -2.39. The van der Waals surface area contributed by atoms with Crippen LogP contribution in [0.25, 0.3) is 0 Å². The summed E-state index contributed by atoms with van der Waals surface area (Å²) in [5, 5.41) is 0.499. The lowest BCUT2D eigenvalue weighted by atomic mass is 10.2. The second-order valence-electron chi connectivity index (χ2n) is 7.47. The van der Waals surface area contributed by atoms with Gasteiger partial charge in [0.1, 0.15) is 17.9 Å². The molecule has 4 rings (SSSR count). The average molecular weight is 459 g/mol. The van der Waals surface area contributed by atoms with E-state index in [9.17, 15) is 8.42 Å². The molecular weight excluding hydrogens is 436 g/mol. The van der Waals surface area contributed by atoms with E-state index in [1.807, 2.05) is 30.9 Å². The molecule has 1 atom stereocenters. The second kappa shape index (κ2) is 8.82. The van der Waals surface area contributed by atoms with Crippen LogP contribution in [-0.4, -0.2) is 48.4 Å². The number of hydrogen-bond donors (Lipinski definition) is 0. The number of aromatic nitrogens is 2. The SMILES string of the molecule is Cc1ccc(Cl)c(Oc2cc(N3CCN(S(=O)(=O)c4ccccc4)[C@@H](C)C3)ncn2)c1. The van der Waals surface area contributed by atoms with Crippen LogP contribution < -0.4 is 9.64 Å². The van der Waals surface area contributed by atoms with Crippen molar-refractivity contribution in [3.05, 3.63) is 71.5 Å². The fourth-order valence-corrected chi connectivity index (χ4v) is 5.38. The standard InChI is InChI=1S/C22H23ClN4O3S/c1-16-8-9-19(23)20(12-16)30-22-13-21(24-15-25-22)26-10-11-27(17(2)14-26)31(28,29)18-6-4-3-5-7-18/h3-9,12-13,15,17H,10-11,14H2,1-2H3/t17-/m0/s1. The van der Waals surface area contributed by atoms with Gasteiger partial charge in [0.2, 0.25) is 15.9 Å². The van der Waals surface area contributed by atoms with Gasteiger partial charge in [0, 0.05) is 31.7 Å². The molecule has 1 saturated heterocycles. The van der Waals surface area contributed by atoms with Crippen LogP contribution >= 0.6 is 11.6 Å². The highest BCUT2D eigenvalue weighted by molar-refractivity contribution is 7.89. The van der Waals surface area contributed by atoms with Crippen LogP contribution in [0, 0.1) is 6.92 Å². The number of nitrogens with zero attached hydrogens (tertiary/aromatic N) is 4. The fraction of sp³-hybridized carbons (Fsp3) is 0.273. The highest BCUT2D eigenvalue weighted by atomic mass is 35.5. The molecule has 0 N–H and O–H groups in total. The first-order chi connectivity index (χ1) is 14.8. The fourth-order valence-electron chi connectivity index (χ4n) is 3.59. The molecule has 0 aliphatic carbocycles. The van der Waals surface area contributed by atoms with Crippen molar-refractivity contribution in [3.63, 3.8) is 0 Å². The lowest BCUT2D eigenvalue weighted by molar-refractivity contribution is 0.305. The van der Waals surface area contributed by atoms with Crippen LogP contribution in [0.2, 0.25) is 5.02 Å². The van der Waals surface area contributed by atoms with E-state index < -0.39 is 10.0 Å². The second-order valence-corrected chi connectivity index (χ2v) is 9.77. The van der Waals surface area contributed by atoms with Gasteiger partial charge in [-0.2, -0.15) is 4.31 Å². The van der Waals surface area contributed by atoms with Gasteiger partial charge in [-0.15, -0.1) is 0 Å². The van der Waals surface area contributed by atoms with E-state index in [-0.39, 0.29) is 6.04 Å². The van der Waals surface area contributed by atoms with Gasteiger partial charge in [0.15, 0.2) is 0 Å². The maximum atomic E-state index is 13.0. The molecule has 2 aromatic carbocycles. The van der Waals surface area contributed by atoms with Gasteiger partial charge in [-0.05, 0) is 43.7 Å². The Labute approximate surface area is 187 Å². The summed E-state index contributed by atoms with van der Waals surface area (Å²) in [6, 6.07) is 15.6. The molecule has 2 heterocycles. The number of piperazine rings is 1. The monoisotopic (exact) mass is 458 g/mol. The number of aryl methyl sites for hydroxylation is 1. The number of rotatable bonds is 5. The molecule has 0 amide bonds. The molecule has 1 aliphatic heterocycles. The third-order valence-corrected chi connectivity index (χ3v) is 7.51. The molecular formula is C22H23ClN4O3S. The van der Waals surface area contributed by atoms with Gasteiger partial charge in [0.05, 0.1) is 9.92 Å². The number of anilines is 1. The van der Waals surface area contributed by atoms with Crippen LogP contribution in [-0.2, 0) is 10.0 Å². The Balaban J connectivity index is 1.50. The molecule has 0 bridgehead atoms. The lowest BCUT2D eigenvalue weighted by Crippen LogP contribution is -2.54. The van der Waals surface area contributed by atoms with Crippen molar-refractivity contribution >= 4 is 27.4 Å². The molecule has 0 spiro atoms. The summed E-state index contributed by atoms with van der Waals surface area (Å²) in [4.78, 5) is 10.9. The Hall–Kier alpha value is -2.68. The molecule has 0 radical (unpaired) electrons. The Morgan fingerprint density at radius 1 is 1.06 bits per heavy atom. The van der Waals surface area contributed by atoms with Crippen LogP contribution in [0.5, 0.6) is 11.6 Å². The van der Waals surface area contributed by atoms with Gasteiger partial charge in [-0.1, -0.05) is 35.9 Å². The number of ether oxygens (including phenoxy) is 1. The first kappa shape index (κ1) is 21.5. The molecule has 7 nitrogen and oxygen atoms in total. The molecule has 162 valence electrons. The van der Waals surface area contributed by atoms with Crippen molar-refractivity contribution in [1.29, 1.82) is 0 Å². The summed E-state index contributed by atoms with van der Waals surface area (Å²) in [6.07, 6.45) is 1.44. The number of sulfonamides is 1. The van der Waals surface area contributed by atoms with Crippen LogP contribution in [0.15, 0.2) is 65.8 Å². The Morgan fingerprint density at radius 3 is 2.58 bits per heavy atom. The summed E-state index contributed by atoms with van der Waals surface area (Å²) < 4.78 is 33.4. The third kappa shape index (κ3) is 4.66. The molecule has 1 aliphatic rings. The highest BCUT2D eigenvalue weighted by Crippen LogP contribution is 2.31. The quantitative estimate of drug-likeness (QED) is 0.572. The minimum absolute atomic E-state index is 0.218. The number of halogens is 1. The normalized spacial score (nSPS) is 17.5. The van der Waals surface area contributed by atoms with Crippen LogP contribution in [0.4, 0.5) is 5.82 Å². The van der Waals surface area contributed by atoms with Crippen molar-refractivity contribution in [2.45, 2.75) is 24.8 Å². The highest BCUT2D eigenvalue weighted by Gasteiger charge is 2.34. The van der Waals surface area contributed by atoms with Crippen molar-refractivity contribution in [3.8, 4) is 11.6 Å². The topological polar surface area (TPSA) is 75.6 Å². The van der Waals surface area contributed by atoms with Gasteiger partial charge in [0.25, 0.3) is 0 Å². The van der Waals surface area contributed by atoms with Gasteiger partial charge < -0.3 is 9.64 Å². The van der Waals surface area contributed by atoms with E-state index >= 15 is 0 Å². The van der Waals surface area contributed by atoms with E-state index in [1.54, 1.807) is 46.8 Å². The first-order valence-electron chi connectivity index (χ1n) is 9.92. The van der Waals surface area contributed by atoms with E-state index in [1.165, 1.54) is 6.33 Å². The van der Waals surface area contributed by atoms with Crippen LogP contribution in [0.1, 0.15) is 12.5 Å². The molecule has 1 aromatic heterocycles. The third-order valence-electron chi connectivity index (χ3n) is 5.17. The smallest absolute Gasteiger partial charge is 0.243 e. The van der Waals surface area contributed by atoms with Gasteiger partial charge >= 0.3 is 0 Å². The molecule has 0 saturated carbocycles. The van der Waals surface area contributed by atoms with E-state index in [0.29, 0.717) is 47.0 Å². The minimum atomic E-state index is -3.54. The van der Waals surface area contributed by atoms with E-state index in [4.69, 9.17) is 16.3 Å². The predicted molar refractivity (Wildman–Crippen MR) is 120 cm³/mol. The maximum absolute atomic E-state index is 13.0. The summed E-state index contributed by atoms with van der Waals surface area (Å²) in [7, 11) is -3.54. The molecule has 31 heavy (non-hydrogen) atoms. The average Bonchev–Trinajstić information content (AvgIpc) is 2.77. The zero-order valence-corrected chi connectivity index (χ0v) is 18.8. The summed E-state index contributed by atoms with van der Waals surface area (Å²) >= 11 is 6.22. The van der Waals surface area contributed by atoms with Gasteiger partial charge in [-0.25, -0.2) is 18.4 Å². The minimum Gasteiger partial charge on any atom is -0.437 e. The molecule has 0 unspecified atom stereocenters. The van der Waals surface area contributed by atoms with Crippen molar-refractivity contribution in [2.24, 2.45) is 0 Å². The van der Waals surface area contributed by atoms with Crippen LogP contribution in [0.3, 0.4) is 0 Å². The van der Waals surface area contributed by atoms with Crippen molar-refractivity contribution in [1.82, 2.24) is 14.3 Å². The summed E-state index contributed by atoms with van der Waals surface area (Å²) in [6.45, 7) is 5.24. The Kier molecular flexibility index (Phi) is 6.13. The zero-order chi connectivity index (χ0) is 22.0. The van der Waals surface area contributed by atoms with E-state index in [2.05, 4.69) is 9.97 Å². The molecule has 3 aromatic rings. The van der Waals surface area contributed by atoms with Crippen molar-refractivity contribution < 1.29 is 13.2 Å². The first-order valence-corrected chi connectivity index (χ1v) is 11.7. The predicted octanol–water partition coefficient (Wildman–Crippen LogP) is 4.13. The van der Waals surface area contributed by atoms with Crippen molar-refractivity contribution in [2.75, 3.05) is 24.5 Å². The summed E-state index contributed by atoms with van der Waals surface area (Å²) in [5.41, 5.74) is 1.03. The zero-order valence-electron chi connectivity index (χ0n) is 17.3. The Morgan fingerprint density at radius 2 is 1.84 bits per heavy atom. The summed E-state index contributed by atoms with van der Waals surface area (Å²) in [5.74, 6) is 1.58. The molecule has 9 heteroatoms. The largest absolute Gasteiger partial charge is 0.437 e. The van der Waals surface area contributed by atoms with E-state index in [0.717, 1.165) is 5.56 Å². The maximum Gasteiger partial charge on any atom is 0.243 e. The number of hydrogen-bond acceptors (Lipinski definition) is 6.